The maximum Gasteiger partial charge on any atom is 0.340 e. The molecule has 4 heteroatoms. The van der Waals surface area contributed by atoms with Crippen LogP contribution in [0.25, 0.3) is 0 Å². The SMILES string of the molecule is CCC(CC)OC(=O)c1cccc(OC)c1N. The summed E-state index contributed by atoms with van der Waals surface area (Å²) in [5.41, 5.74) is 6.51. The molecule has 0 aromatic heterocycles. The van der Waals surface area contributed by atoms with Crippen LogP contribution in [0.4, 0.5) is 5.69 Å². The van der Waals surface area contributed by atoms with Gasteiger partial charge in [-0.05, 0) is 25.0 Å². The van der Waals surface area contributed by atoms with Gasteiger partial charge >= 0.3 is 5.97 Å². The summed E-state index contributed by atoms with van der Waals surface area (Å²) in [7, 11) is 1.52. The number of nitrogen functional groups attached to an aromatic ring is 1. The molecular formula is C13H19NO3. The van der Waals surface area contributed by atoms with E-state index in [1.165, 1.54) is 7.11 Å². The van der Waals surface area contributed by atoms with Crippen molar-refractivity contribution in [1.82, 2.24) is 0 Å². The maximum atomic E-state index is 11.9. The van der Waals surface area contributed by atoms with Crippen LogP contribution in [0.1, 0.15) is 37.0 Å². The summed E-state index contributed by atoms with van der Waals surface area (Å²) in [6, 6.07) is 5.07. The van der Waals surface area contributed by atoms with Gasteiger partial charge in [-0.1, -0.05) is 19.9 Å². The summed E-state index contributed by atoms with van der Waals surface area (Å²) in [5, 5.41) is 0. The van der Waals surface area contributed by atoms with Crippen molar-refractivity contribution in [3.63, 3.8) is 0 Å². The minimum atomic E-state index is -0.393. The number of ether oxygens (including phenoxy) is 2. The quantitative estimate of drug-likeness (QED) is 0.631. The monoisotopic (exact) mass is 237 g/mol. The lowest BCUT2D eigenvalue weighted by atomic mass is 10.1. The molecule has 0 radical (unpaired) electrons. The Balaban J connectivity index is 2.89. The van der Waals surface area contributed by atoms with E-state index in [-0.39, 0.29) is 6.10 Å². The zero-order valence-electron chi connectivity index (χ0n) is 10.5. The van der Waals surface area contributed by atoms with Crippen LogP contribution >= 0.6 is 0 Å². The molecule has 0 bridgehead atoms. The maximum absolute atomic E-state index is 11.9. The highest BCUT2D eigenvalue weighted by Crippen LogP contribution is 2.25. The third-order valence-corrected chi connectivity index (χ3v) is 2.69. The average Bonchev–Trinajstić information content (AvgIpc) is 2.35. The molecule has 0 saturated heterocycles. The van der Waals surface area contributed by atoms with Crippen molar-refractivity contribution in [1.29, 1.82) is 0 Å². The van der Waals surface area contributed by atoms with E-state index < -0.39 is 5.97 Å². The molecule has 1 aromatic rings. The van der Waals surface area contributed by atoms with Crippen molar-refractivity contribution in [2.45, 2.75) is 32.8 Å². The minimum Gasteiger partial charge on any atom is -0.495 e. The molecule has 0 aliphatic carbocycles. The molecule has 0 atom stereocenters. The first-order valence-corrected chi connectivity index (χ1v) is 5.77. The Morgan fingerprint density at radius 1 is 1.35 bits per heavy atom. The van der Waals surface area contributed by atoms with Crippen LogP contribution < -0.4 is 10.5 Å². The number of methoxy groups -OCH3 is 1. The van der Waals surface area contributed by atoms with Gasteiger partial charge in [-0.25, -0.2) is 4.79 Å². The first-order chi connectivity index (χ1) is 8.13. The molecular weight excluding hydrogens is 218 g/mol. The van der Waals surface area contributed by atoms with Gasteiger partial charge in [-0.3, -0.25) is 0 Å². The van der Waals surface area contributed by atoms with Gasteiger partial charge in [-0.15, -0.1) is 0 Å². The standard InChI is InChI=1S/C13H19NO3/c1-4-9(5-2)17-13(15)10-7-6-8-11(16-3)12(10)14/h6-9H,4-5,14H2,1-3H3. The number of hydrogen-bond donors (Lipinski definition) is 1. The molecule has 0 amide bonds. The van der Waals surface area contributed by atoms with Crippen LogP contribution in [-0.2, 0) is 4.74 Å². The summed E-state index contributed by atoms with van der Waals surface area (Å²) >= 11 is 0. The third kappa shape index (κ3) is 3.12. The lowest BCUT2D eigenvalue weighted by Crippen LogP contribution is -2.17. The average molecular weight is 237 g/mol. The normalized spacial score (nSPS) is 10.4. The van der Waals surface area contributed by atoms with Gasteiger partial charge in [0.25, 0.3) is 0 Å². The molecule has 4 nitrogen and oxygen atoms in total. The number of carbonyl (C=O) groups excluding carboxylic acids is 1. The fourth-order valence-corrected chi connectivity index (χ4v) is 1.57. The number of carbonyl (C=O) groups is 1. The fourth-order valence-electron chi connectivity index (χ4n) is 1.57. The fraction of sp³-hybridized carbons (Fsp3) is 0.462. The zero-order chi connectivity index (χ0) is 12.8. The molecule has 0 heterocycles. The predicted octanol–water partition coefficient (Wildman–Crippen LogP) is 2.62. The van der Waals surface area contributed by atoms with Gasteiger partial charge < -0.3 is 15.2 Å². The van der Waals surface area contributed by atoms with Gasteiger partial charge in [0.2, 0.25) is 0 Å². The number of benzene rings is 1. The van der Waals surface area contributed by atoms with Crippen molar-refractivity contribution >= 4 is 11.7 Å². The topological polar surface area (TPSA) is 61.5 Å². The summed E-state index contributed by atoms with van der Waals surface area (Å²) in [4.78, 5) is 11.9. The smallest absolute Gasteiger partial charge is 0.340 e. The Kier molecular flexibility index (Phi) is 4.82. The second kappa shape index (κ2) is 6.13. The Bertz CT molecular complexity index is 386. The summed E-state index contributed by atoms with van der Waals surface area (Å²) in [6.07, 6.45) is 1.53. The number of para-hydroxylation sites is 1. The van der Waals surface area contributed by atoms with Gasteiger partial charge in [0.15, 0.2) is 0 Å². The summed E-state index contributed by atoms with van der Waals surface area (Å²) < 4.78 is 10.4. The molecule has 0 fully saturated rings. The molecule has 0 unspecified atom stereocenters. The number of nitrogens with two attached hydrogens (primary N) is 1. The highest BCUT2D eigenvalue weighted by atomic mass is 16.5. The Hall–Kier alpha value is -1.71. The highest BCUT2D eigenvalue weighted by molar-refractivity contribution is 5.96. The van der Waals surface area contributed by atoms with Crippen molar-refractivity contribution in [3.05, 3.63) is 23.8 Å². The van der Waals surface area contributed by atoms with E-state index in [9.17, 15) is 4.79 Å². The van der Waals surface area contributed by atoms with Crippen LogP contribution in [0.3, 0.4) is 0 Å². The van der Waals surface area contributed by atoms with Gasteiger partial charge in [0, 0.05) is 0 Å². The largest absolute Gasteiger partial charge is 0.495 e. The minimum absolute atomic E-state index is 0.0619. The molecule has 0 saturated carbocycles. The van der Waals surface area contributed by atoms with E-state index in [0.29, 0.717) is 17.0 Å². The molecule has 2 N–H and O–H groups in total. The number of rotatable bonds is 5. The van der Waals surface area contributed by atoms with E-state index in [1.54, 1.807) is 18.2 Å². The van der Waals surface area contributed by atoms with E-state index >= 15 is 0 Å². The van der Waals surface area contributed by atoms with Gasteiger partial charge in [0.1, 0.15) is 11.9 Å². The molecule has 17 heavy (non-hydrogen) atoms. The Morgan fingerprint density at radius 2 is 2.00 bits per heavy atom. The second-order valence-electron chi connectivity index (χ2n) is 3.77. The second-order valence-corrected chi connectivity index (χ2v) is 3.77. The van der Waals surface area contributed by atoms with Crippen LogP contribution in [0.5, 0.6) is 5.75 Å². The van der Waals surface area contributed by atoms with E-state index in [1.807, 2.05) is 13.8 Å². The van der Waals surface area contributed by atoms with Crippen LogP contribution in [0, 0.1) is 0 Å². The van der Waals surface area contributed by atoms with Crippen LogP contribution in [-0.4, -0.2) is 19.2 Å². The van der Waals surface area contributed by atoms with Gasteiger partial charge in [0.05, 0.1) is 18.4 Å². The number of hydrogen-bond acceptors (Lipinski definition) is 4. The van der Waals surface area contributed by atoms with Crippen molar-refractivity contribution in [2.24, 2.45) is 0 Å². The molecule has 1 rings (SSSR count). The molecule has 1 aromatic carbocycles. The Morgan fingerprint density at radius 3 is 2.53 bits per heavy atom. The molecule has 0 spiro atoms. The zero-order valence-corrected chi connectivity index (χ0v) is 10.5. The van der Waals surface area contributed by atoms with Gasteiger partial charge in [-0.2, -0.15) is 0 Å². The Labute approximate surface area is 102 Å². The first kappa shape index (κ1) is 13.4. The molecule has 0 aliphatic rings. The highest BCUT2D eigenvalue weighted by Gasteiger charge is 2.17. The van der Waals surface area contributed by atoms with E-state index in [4.69, 9.17) is 15.2 Å². The molecule has 94 valence electrons. The number of anilines is 1. The number of esters is 1. The molecule has 0 aliphatic heterocycles. The van der Waals surface area contributed by atoms with E-state index in [0.717, 1.165) is 12.8 Å². The lowest BCUT2D eigenvalue weighted by Gasteiger charge is -2.15. The summed E-state index contributed by atoms with van der Waals surface area (Å²) in [5.74, 6) is 0.0964. The predicted molar refractivity (Wildman–Crippen MR) is 67.2 cm³/mol. The lowest BCUT2D eigenvalue weighted by molar-refractivity contribution is 0.0285. The van der Waals surface area contributed by atoms with Crippen molar-refractivity contribution < 1.29 is 14.3 Å². The first-order valence-electron chi connectivity index (χ1n) is 5.77. The summed E-state index contributed by atoms with van der Waals surface area (Å²) in [6.45, 7) is 3.97. The van der Waals surface area contributed by atoms with Crippen LogP contribution in [0.2, 0.25) is 0 Å². The van der Waals surface area contributed by atoms with Crippen molar-refractivity contribution in [2.75, 3.05) is 12.8 Å². The van der Waals surface area contributed by atoms with Crippen LogP contribution in [0.15, 0.2) is 18.2 Å². The van der Waals surface area contributed by atoms with Crippen molar-refractivity contribution in [3.8, 4) is 5.75 Å². The van der Waals surface area contributed by atoms with E-state index in [2.05, 4.69) is 0 Å². The third-order valence-electron chi connectivity index (χ3n) is 2.69.